The quantitative estimate of drug-likeness (QED) is 0.503. The third-order valence-electron chi connectivity index (χ3n) is 3.23. The molecule has 132 valence electrons. The van der Waals surface area contributed by atoms with Gasteiger partial charge in [0.2, 0.25) is 0 Å². The van der Waals surface area contributed by atoms with Crippen molar-refractivity contribution in [2.24, 2.45) is 5.10 Å². The molecule has 0 saturated carbocycles. The highest BCUT2D eigenvalue weighted by Gasteiger charge is 2.07. The molecule has 2 rings (SSSR count). The molecule has 0 aliphatic heterocycles. The van der Waals surface area contributed by atoms with Crippen LogP contribution >= 0.6 is 15.9 Å². The van der Waals surface area contributed by atoms with E-state index in [1.54, 1.807) is 32.2 Å². The summed E-state index contributed by atoms with van der Waals surface area (Å²) in [6.07, 6.45) is 1.30. The highest BCUT2D eigenvalue weighted by Crippen LogP contribution is 2.29. The highest BCUT2D eigenvalue weighted by molar-refractivity contribution is 9.10. The van der Waals surface area contributed by atoms with Crippen molar-refractivity contribution in [3.05, 3.63) is 45.9 Å². The Labute approximate surface area is 153 Å². The van der Waals surface area contributed by atoms with E-state index in [-0.39, 0.29) is 18.1 Å². The Morgan fingerprint density at radius 1 is 1.32 bits per heavy atom. The van der Waals surface area contributed by atoms with Crippen LogP contribution < -0.4 is 14.9 Å². The SMILES string of the molecule is COc1ccc(OCC(=O)N/N=C/c2c(C)cc(O)cc2O)c(Br)c1. The van der Waals surface area contributed by atoms with Gasteiger partial charge in [0.25, 0.3) is 5.91 Å². The average molecular weight is 409 g/mol. The lowest BCUT2D eigenvalue weighted by Crippen LogP contribution is -2.24. The molecular weight excluding hydrogens is 392 g/mol. The second-order valence-electron chi connectivity index (χ2n) is 5.07. The molecule has 0 spiro atoms. The zero-order valence-corrected chi connectivity index (χ0v) is 15.2. The first kappa shape index (κ1) is 18.6. The summed E-state index contributed by atoms with van der Waals surface area (Å²) in [7, 11) is 1.56. The molecule has 0 saturated heterocycles. The van der Waals surface area contributed by atoms with Gasteiger partial charge in [0.05, 0.1) is 17.8 Å². The fourth-order valence-electron chi connectivity index (χ4n) is 2.00. The van der Waals surface area contributed by atoms with Gasteiger partial charge in [0, 0.05) is 11.6 Å². The van der Waals surface area contributed by atoms with E-state index >= 15 is 0 Å². The number of hydrazone groups is 1. The number of carbonyl (C=O) groups excluding carboxylic acids is 1. The van der Waals surface area contributed by atoms with Crippen molar-refractivity contribution in [3.63, 3.8) is 0 Å². The summed E-state index contributed by atoms with van der Waals surface area (Å²) < 4.78 is 11.1. The van der Waals surface area contributed by atoms with Crippen LogP contribution in [0.25, 0.3) is 0 Å². The minimum Gasteiger partial charge on any atom is -0.508 e. The first-order valence-corrected chi connectivity index (χ1v) is 8.01. The molecule has 25 heavy (non-hydrogen) atoms. The molecule has 2 aromatic rings. The lowest BCUT2D eigenvalue weighted by Gasteiger charge is -2.08. The van der Waals surface area contributed by atoms with Gasteiger partial charge < -0.3 is 19.7 Å². The Morgan fingerprint density at radius 3 is 2.72 bits per heavy atom. The molecule has 7 nitrogen and oxygen atoms in total. The number of hydrogen-bond donors (Lipinski definition) is 3. The van der Waals surface area contributed by atoms with Gasteiger partial charge >= 0.3 is 0 Å². The number of nitrogens with zero attached hydrogens (tertiary/aromatic N) is 1. The summed E-state index contributed by atoms with van der Waals surface area (Å²) in [4.78, 5) is 11.8. The van der Waals surface area contributed by atoms with Crippen LogP contribution in [0.5, 0.6) is 23.0 Å². The first-order chi connectivity index (χ1) is 11.9. The third kappa shape index (κ3) is 5.12. The van der Waals surface area contributed by atoms with Gasteiger partial charge in [0.1, 0.15) is 23.0 Å². The van der Waals surface area contributed by atoms with Crippen molar-refractivity contribution in [1.82, 2.24) is 5.43 Å². The molecule has 3 N–H and O–H groups in total. The predicted octanol–water partition coefficient (Wildman–Crippen LogP) is 2.71. The number of rotatable bonds is 6. The molecule has 0 fully saturated rings. The number of benzene rings is 2. The van der Waals surface area contributed by atoms with E-state index in [1.807, 2.05) is 0 Å². The lowest BCUT2D eigenvalue weighted by molar-refractivity contribution is -0.123. The van der Waals surface area contributed by atoms with E-state index in [9.17, 15) is 15.0 Å². The van der Waals surface area contributed by atoms with E-state index in [0.29, 0.717) is 27.1 Å². The maximum Gasteiger partial charge on any atom is 0.277 e. The van der Waals surface area contributed by atoms with Gasteiger partial charge in [-0.3, -0.25) is 4.79 Å². The van der Waals surface area contributed by atoms with Crippen LogP contribution in [-0.2, 0) is 4.79 Å². The minimum atomic E-state index is -0.463. The fraction of sp³-hybridized carbons (Fsp3) is 0.176. The number of aryl methyl sites for hydroxylation is 1. The van der Waals surface area contributed by atoms with Crippen LogP contribution in [0.4, 0.5) is 0 Å². The minimum absolute atomic E-state index is 0.0466. The summed E-state index contributed by atoms with van der Waals surface area (Å²) >= 11 is 3.33. The summed E-state index contributed by atoms with van der Waals surface area (Å²) in [5.74, 6) is 0.516. The second kappa shape index (κ2) is 8.39. The zero-order valence-electron chi connectivity index (χ0n) is 13.6. The molecule has 0 heterocycles. The number of ether oxygens (including phenoxy) is 2. The number of halogens is 1. The van der Waals surface area contributed by atoms with Crippen LogP contribution in [0.1, 0.15) is 11.1 Å². The monoisotopic (exact) mass is 408 g/mol. The van der Waals surface area contributed by atoms with Gasteiger partial charge in [0.15, 0.2) is 6.61 Å². The molecule has 0 aromatic heterocycles. The second-order valence-corrected chi connectivity index (χ2v) is 5.93. The summed E-state index contributed by atoms with van der Waals surface area (Å²) in [6, 6.07) is 7.79. The number of methoxy groups -OCH3 is 1. The number of amides is 1. The zero-order chi connectivity index (χ0) is 18.4. The van der Waals surface area contributed by atoms with Crippen LogP contribution in [-0.4, -0.2) is 36.1 Å². The number of hydrogen-bond acceptors (Lipinski definition) is 6. The predicted molar refractivity (Wildman–Crippen MR) is 96.4 cm³/mol. The van der Waals surface area contributed by atoms with E-state index in [2.05, 4.69) is 26.5 Å². The van der Waals surface area contributed by atoms with E-state index in [0.717, 1.165) is 0 Å². The smallest absolute Gasteiger partial charge is 0.277 e. The molecule has 8 heteroatoms. The molecule has 1 amide bonds. The molecule has 0 radical (unpaired) electrons. The van der Waals surface area contributed by atoms with E-state index in [4.69, 9.17) is 9.47 Å². The van der Waals surface area contributed by atoms with Crippen LogP contribution in [0.2, 0.25) is 0 Å². The largest absolute Gasteiger partial charge is 0.508 e. The van der Waals surface area contributed by atoms with Gasteiger partial charge in [-0.2, -0.15) is 5.10 Å². The van der Waals surface area contributed by atoms with Crippen molar-refractivity contribution >= 4 is 28.1 Å². The number of phenols is 2. The van der Waals surface area contributed by atoms with Crippen molar-refractivity contribution in [3.8, 4) is 23.0 Å². The third-order valence-corrected chi connectivity index (χ3v) is 3.85. The van der Waals surface area contributed by atoms with Crippen LogP contribution in [0, 0.1) is 6.92 Å². The number of carbonyl (C=O) groups is 1. The lowest BCUT2D eigenvalue weighted by atomic mass is 10.1. The van der Waals surface area contributed by atoms with Crippen molar-refractivity contribution in [2.45, 2.75) is 6.92 Å². The Bertz CT molecular complexity index is 785. The van der Waals surface area contributed by atoms with Crippen LogP contribution in [0.3, 0.4) is 0 Å². The van der Waals surface area contributed by atoms with Crippen molar-refractivity contribution in [2.75, 3.05) is 13.7 Å². The summed E-state index contributed by atoms with van der Waals surface area (Å²) in [5.41, 5.74) is 3.32. The molecule has 0 aliphatic rings. The first-order valence-electron chi connectivity index (χ1n) is 7.21. The number of nitrogens with one attached hydrogen (secondary N) is 1. The maximum atomic E-state index is 11.8. The summed E-state index contributed by atoms with van der Waals surface area (Å²) in [5, 5.41) is 22.9. The number of aromatic hydroxyl groups is 2. The molecule has 2 aromatic carbocycles. The molecule has 0 aliphatic carbocycles. The van der Waals surface area contributed by atoms with Crippen molar-refractivity contribution in [1.29, 1.82) is 0 Å². The normalized spacial score (nSPS) is 10.7. The van der Waals surface area contributed by atoms with Gasteiger partial charge in [-0.15, -0.1) is 0 Å². The van der Waals surface area contributed by atoms with Gasteiger partial charge in [-0.05, 0) is 52.7 Å². The van der Waals surface area contributed by atoms with E-state index in [1.165, 1.54) is 18.3 Å². The maximum absolute atomic E-state index is 11.8. The fourth-order valence-corrected chi connectivity index (χ4v) is 2.47. The summed E-state index contributed by atoms with van der Waals surface area (Å²) in [6.45, 7) is 1.47. The Balaban J connectivity index is 1.91. The molecular formula is C17H17BrN2O5. The topological polar surface area (TPSA) is 100 Å². The molecule has 0 bridgehead atoms. The van der Waals surface area contributed by atoms with Crippen molar-refractivity contribution < 1.29 is 24.5 Å². The highest BCUT2D eigenvalue weighted by atomic mass is 79.9. The Kier molecular flexibility index (Phi) is 6.24. The van der Waals surface area contributed by atoms with Crippen LogP contribution in [0.15, 0.2) is 39.9 Å². The molecule has 0 unspecified atom stereocenters. The number of phenolic OH excluding ortho intramolecular Hbond substituents is 2. The Hall–Kier alpha value is -2.74. The van der Waals surface area contributed by atoms with Gasteiger partial charge in [-0.1, -0.05) is 0 Å². The Morgan fingerprint density at radius 2 is 2.08 bits per heavy atom. The average Bonchev–Trinajstić information content (AvgIpc) is 2.56. The standard InChI is InChI=1S/C17H17BrN2O5/c1-10-5-11(21)6-15(22)13(10)8-19-20-17(23)9-25-16-4-3-12(24-2)7-14(16)18/h3-8,21-22H,9H2,1-2H3,(H,20,23)/b19-8+. The van der Waals surface area contributed by atoms with Gasteiger partial charge in [-0.25, -0.2) is 5.43 Å². The molecule has 0 atom stereocenters. The van der Waals surface area contributed by atoms with E-state index < -0.39 is 5.91 Å².